The van der Waals surface area contributed by atoms with Gasteiger partial charge in [-0.2, -0.15) is 0 Å². The molecule has 1 aliphatic rings. The number of amides is 1. The second-order valence-corrected chi connectivity index (χ2v) is 8.58. The van der Waals surface area contributed by atoms with Crippen LogP contribution in [0.4, 0.5) is 5.69 Å². The van der Waals surface area contributed by atoms with Crippen LogP contribution in [0.5, 0.6) is 0 Å². The minimum absolute atomic E-state index is 0.0117. The van der Waals surface area contributed by atoms with Gasteiger partial charge in [-0.3, -0.25) is 4.79 Å². The summed E-state index contributed by atoms with van der Waals surface area (Å²) < 4.78 is 0. The van der Waals surface area contributed by atoms with Gasteiger partial charge in [0.05, 0.1) is 10.6 Å². The Bertz CT molecular complexity index is 924. The third kappa shape index (κ3) is 4.86. The van der Waals surface area contributed by atoms with Gasteiger partial charge in [0.25, 0.3) is 5.91 Å². The lowest BCUT2D eigenvalue weighted by Crippen LogP contribution is -2.48. The highest BCUT2D eigenvalue weighted by molar-refractivity contribution is 7.12. The summed E-state index contributed by atoms with van der Waals surface area (Å²) >= 11 is 7.84. The number of benzene rings is 1. The van der Waals surface area contributed by atoms with Gasteiger partial charge >= 0.3 is 0 Å². The Kier molecular flexibility index (Phi) is 6.60. The van der Waals surface area contributed by atoms with Gasteiger partial charge in [-0.25, -0.2) is 4.98 Å². The lowest BCUT2D eigenvalue weighted by molar-refractivity contribution is 0.0964. The van der Waals surface area contributed by atoms with Crippen molar-refractivity contribution in [1.29, 1.82) is 0 Å². The Hall–Kier alpha value is -2.21. The molecule has 0 N–H and O–H groups in total. The van der Waals surface area contributed by atoms with Crippen molar-refractivity contribution in [2.75, 3.05) is 24.5 Å². The van der Waals surface area contributed by atoms with Crippen LogP contribution in [0, 0.1) is 0 Å². The molecule has 0 saturated carbocycles. The van der Waals surface area contributed by atoms with Crippen LogP contribution in [0.15, 0.2) is 66.2 Å². The molecule has 0 atom stereocenters. The molecule has 1 fully saturated rings. The van der Waals surface area contributed by atoms with Crippen LogP contribution >= 0.6 is 22.9 Å². The number of carbonyl (C=O) groups excluding carboxylic acids is 1. The van der Waals surface area contributed by atoms with Crippen molar-refractivity contribution in [3.8, 4) is 0 Å². The number of halogens is 1. The van der Waals surface area contributed by atoms with E-state index in [9.17, 15) is 4.79 Å². The first kappa shape index (κ1) is 20.1. The fourth-order valence-corrected chi connectivity index (χ4v) is 4.75. The van der Waals surface area contributed by atoms with E-state index < -0.39 is 0 Å². The molecule has 1 aliphatic heterocycles. The van der Waals surface area contributed by atoms with Gasteiger partial charge in [0.1, 0.15) is 0 Å². The zero-order chi connectivity index (χ0) is 20.1. The minimum atomic E-state index is 0.0117. The highest BCUT2D eigenvalue weighted by Crippen LogP contribution is 2.31. The van der Waals surface area contributed by atoms with Crippen molar-refractivity contribution >= 4 is 34.5 Å². The van der Waals surface area contributed by atoms with Crippen molar-refractivity contribution in [2.45, 2.75) is 25.3 Å². The summed E-state index contributed by atoms with van der Waals surface area (Å²) in [7, 11) is 0. The Balaban J connectivity index is 1.45. The maximum absolute atomic E-state index is 13.3. The van der Waals surface area contributed by atoms with E-state index in [2.05, 4.69) is 40.2 Å². The van der Waals surface area contributed by atoms with Crippen molar-refractivity contribution < 1.29 is 4.79 Å². The second-order valence-electron chi connectivity index (χ2n) is 7.27. The molecule has 1 saturated heterocycles. The van der Waals surface area contributed by atoms with Crippen LogP contribution in [-0.2, 0) is 6.42 Å². The summed E-state index contributed by atoms with van der Waals surface area (Å²) in [6.45, 7) is 3.00. The lowest BCUT2D eigenvalue weighted by atomic mass is 10.0. The van der Waals surface area contributed by atoms with Crippen LogP contribution < -0.4 is 4.90 Å². The first-order chi connectivity index (χ1) is 14.2. The molecule has 4 rings (SSSR count). The Labute approximate surface area is 180 Å². The van der Waals surface area contributed by atoms with Gasteiger partial charge in [-0.15, -0.1) is 11.3 Å². The van der Waals surface area contributed by atoms with E-state index in [-0.39, 0.29) is 11.9 Å². The van der Waals surface area contributed by atoms with Gasteiger partial charge in [0.15, 0.2) is 5.15 Å². The van der Waals surface area contributed by atoms with Crippen LogP contribution in [0.25, 0.3) is 0 Å². The first-order valence-corrected chi connectivity index (χ1v) is 11.2. The third-order valence-corrected chi connectivity index (χ3v) is 6.58. The molecule has 0 spiro atoms. The normalized spacial score (nSPS) is 15.3. The third-order valence-electron chi connectivity index (χ3n) is 5.43. The van der Waals surface area contributed by atoms with Crippen molar-refractivity contribution in [3.63, 3.8) is 0 Å². The Morgan fingerprint density at radius 1 is 1.10 bits per heavy atom. The zero-order valence-electron chi connectivity index (χ0n) is 16.2. The maximum Gasteiger partial charge on any atom is 0.268 e. The SMILES string of the molecule is O=C(c1cccs1)N(c1cccnc1Cl)C1CCN(CCc2ccccc2)CC1. The molecule has 29 heavy (non-hydrogen) atoms. The fourth-order valence-electron chi connectivity index (χ4n) is 3.88. The molecule has 3 heterocycles. The highest BCUT2D eigenvalue weighted by atomic mass is 35.5. The number of hydrogen-bond donors (Lipinski definition) is 0. The number of rotatable bonds is 6. The number of aromatic nitrogens is 1. The van der Waals surface area contributed by atoms with Gasteiger partial charge in [-0.1, -0.05) is 48.0 Å². The van der Waals surface area contributed by atoms with Crippen molar-refractivity contribution in [1.82, 2.24) is 9.88 Å². The quantitative estimate of drug-likeness (QED) is 0.512. The second kappa shape index (κ2) is 9.53. The van der Waals surface area contributed by atoms with Gasteiger partial charge < -0.3 is 9.80 Å². The number of nitrogens with zero attached hydrogens (tertiary/aromatic N) is 3. The topological polar surface area (TPSA) is 36.4 Å². The first-order valence-electron chi connectivity index (χ1n) is 9.96. The monoisotopic (exact) mass is 425 g/mol. The Morgan fingerprint density at radius 2 is 1.90 bits per heavy atom. The van der Waals surface area contributed by atoms with E-state index in [1.54, 1.807) is 6.20 Å². The number of likely N-dealkylation sites (tertiary alicyclic amines) is 1. The Morgan fingerprint density at radius 3 is 2.59 bits per heavy atom. The maximum atomic E-state index is 13.3. The molecule has 6 heteroatoms. The molecule has 0 unspecified atom stereocenters. The van der Waals surface area contributed by atoms with E-state index in [0.717, 1.165) is 43.8 Å². The number of piperidine rings is 1. The number of pyridine rings is 1. The molecule has 2 aromatic heterocycles. The zero-order valence-corrected chi connectivity index (χ0v) is 17.8. The van der Waals surface area contributed by atoms with Gasteiger partial charge in [0, 0.05) is 31.9 Å². The summed E-state index contributed by atoms with van der Waals surface area (Å²) in [6, 6.07) is 18.2. The van der Waals surface area contributed by atoms with E-state index in [0.29, 0.717) is 10.8 Å². The lowest BCUT2D eigenvalue weighted by Gasteiger charge is -2.38. The summed E-state index contributed by atoms with van der Waals surface area (Å²) in [5, 5.41) is 2.31. The predicted molar refractivity (Wildman–Crippen MR) is 120 cm³/mol. The van der Waals surface area contributed by atoms with Crippen molar-refractivity contribution in [3.05, 3.63) is 81.8 Å². The van der Waals surface area contributed by atoms with E-state index in [1.807, 2.05) is 34.5 Å². The van der Waals surface area contributed by atoms with Crippen LogP contribution in [-0.4, -0.2) is 41.5 Å². The average molecular weight is 426 g/mol. The van der Waals surface area contributed by atoms with E-state index >= 15 is 0 Å². The van der Waals surface area contributed by atoms with E-state index in [4.69, 9.17) is 11.6 Å². The molecular formula is C23H24ClN3OS. The van der Waals surface area contributed by atoms with Crippen molar-refractivity contribution in [2.24, 2.45) is 0 Å². The smallest absolute Gasteiger partial charge is 0.268 e. The van der Waals surface area contributed by atoms with Crippen LogP contribution in [0.3, 0.4) is 0 Å². The molecule has 0 bridgehead atoms. The molecule has 0 aliphatic carbocycles. The summed E-state index contributed by atoms with van der Waals surface area (Å²) in [5.74, 6) is 0.0117. The molecule has 4 nitrogen and oxygen atoms in total. The summed E-state index contributed by atoms with van der Waals surface area (Å²) in [6.07, 6.45) is 4.57. The van der Waals surface area contributed by atoms with Crippen LogP contribution in [0.1, 0.15) is 28.1 Å². The number of thiophene rings is 1. The molecule has 1 amide bonds. The molecule has 3 aromatic rings. The highest BCUT2D eigenvalue weighted by Gasteiger charge is 2.31. The van der Waals surface area contributed by atoms with Gasteiger partial charge in [0.2, 0.25) is 0 Å². The summed E-state index contributed by atoms with van der Waals surface area (Å²) in [5.41, 5.74) is 2.07. The minimum Gasteiger partial charge on any atom is -0.303 e. The van der Waals surface area contributed by atoms with Crippen LogP contribution in [0.2, 0.25) is 5.15 Å². The standard InChI is InChI=1S/C23H24ClN3OS/c24-22-20(8-4-13-25-22)27(23(28)21-9-5-17-29-21)19-11-15-26(16-12-19)14-10-18-6-2-1-3-7-18/h1-9,13,17,19H,10-12,14-16H2. The summed E-state index contributed by atoms with van der Waals surface area (Å²) in [4.78, 5) is 22.6. The fraction of sp³-hybridized carbons (Fsp3) is 0.304. The molecule has 150 valence electrons. The number of hydrogen-bond acceptors (Lipinski definition) is 4. The molecule has 0 radical (unpaired) electrons. The average Bonchev–Trinajstić information content (AvgIpc) is 3.30. The number of anilines is 1. The van der Waals surface area contributed by atoms with E-state index in [1.165, 1.54) is 16.9 Å². The molecular weight excluding hydrogens is 402 g/mol. The number of carbonyl (C=O) groups is 1. The molecule has 1 aromatic carbocycles. The van der Waals surface area contributed by atoms with Gasteiger partial charge in [-0.05, 0) is 48.4 Å². The largest absolute Gasteiger partial charge is 0.303 e. The predicted octanol–water partition coefficient (Wildman–Crippen LogP) is 5.15.